The molecule has 184 valence electrons. The minimum Gasteiger partial charge on any atom is -0.331 e. The Hall–Kier alpha value is -3.57. The first-order chi connectivity index (χ1) is 16.6. The third-order valence-corrected chi connectivity index (χ3v) is 8.28. The standard InChI is InChI=1S/C24H27N5O5S/c1-5-29(6-2)35(33,34)16-8-10-20-19(14-16)26-21(27(20)3)11-12-22(30)25-15-7-9-17-18(13-15)24(32)28(4)23(17)31/h7-10,13-14H,5-6,11-12H2,1-4H3,(H,25,30). The van der Waals surface area contributed by atoms with Gasteiger partial charge < -0.3 is 9.88 Å². The van der Waals surface area contributed by atoms with Crippen LogP contribution in [-0.4, -0.2) is 65.0 Å². The zero-order chi connectivity index (χ0) is 25.5. The lowest BCUT2D eigenvalue weighted by molar-refractivity contribution is -0.116. The lowest BCUT2D eigenvalue weighted by Gasteiger charge is -2.18. The van der Waals surface area contributed by atoms with Crippen LogP contribution < -0.4 is 5.32 Å². The summed E-state index contributed by atoms with van der Waals surface area (Å²) in [5.74, 6) is -0.392. The highest BCUT2D eigenvalue weighted by molar-refractivity contribution is 7.89. The molecule has 0 radical (unpaired) electrons. The van der Waals surface area contributed by atoms with Gasteiger partial charge in [-0.25, -0.2) is 13.4 Å². The van der Waals surface area contributed by atoms with Crippen LogP contribution in [0.3, 0.4) is 0 Å². The predicted octanol–water partition coefficient (Wildman–Crippen LogP) is 2.40. The number of aryl methyl sites for hydroxylation is 2. The Morgan fingerprint density at radius 3 is 2.37 bits per heavy atom. The molecule has 35 heavy (non-hydrogen) atoms. The third-order valence-electron chi connectivity index (χ3n) is 6.24. The molecule has 0 bridgehead atoms. The number of imide groups is 1. The largest absolute Gasteiger partial charge is 0.331 e. The lowest BCUT2D eigenvalue weighted by Crippen LogP contribution is -2.30. The molecule has 0 spiro atoms. The first-order valence-corrected chi connectivity index (χ1v) is 12.7. The number of imidazole rings is 1. The van der Waals surface area contributed by atoms with Crippen LogP contribution in [0, 0.1) is 0 Å². The molecule has 0 saturated carbocycles. The van der Waals surface area contributed by atoms with Crippen molar-refractivity contribution in [2.24, 2.45) is 7.05 Å². The molecular formula is C24H27N5O5S. The average molecular weight is 498 g/mol. The Morgan fingerprint density at radius 2 is 1.69 bits per heavy atom. The van der Waals surface area contributed by atoms with E-state index in [9.17, 15) is 22.8 Å². The summed E-state index contributed by atoms with van der Waals surface area (Å²) in [5, 5.41) is 2.76. The van der Waals surface area contributed by atoms with Gasteiger partial charge in [0.15, 0.2) is 0 Å². The van der Waals surface area contributed by atoms with E-state index in [1.54, 1.807) is 38.1 Å². The van der Waals surface area contributed by atoms with Gasteiger partial charge in [0.25, 0.3) is 11.8 Å². The van der Waals surface area contributed by atoms with Gasteiger partial charge in [0.05, 0.1) is 27.1 Å². The van der Waals surface area contributed by atoms with Crippen molar-refractivity contribution in [2.45, 2.75) is 31.6 Å². The molecule has 0 fully saturated rings. The number of aromatic nitrogens is 2. The first-order valence-electron chi connectivity index (χ1n) is 11.3. The molecule has 0 unspecified atom stereocenters. The Labute approximate surface area is 203 Å². The third kappa shape index (κ3) is 4.32. The van der Waals surface area contributed by atoms with Gasteiger partial charge in [0, 0.05) is 45.7 Å². The number of nitrogens with one attached hydrogen (secondary N) is 1. The summed E-state index contributed by atoms with van der Waals surface area (Å²) < 4.78 is 28.9. The van der Waals surface area contributed by atoms with Crippen LogP contribution in [-0.2, 0) is 28.3 Å². The van der Waals surface area contributed by atoms with Crippen molar-refractivity contribution >= 4 is 44.5 Å². The van der Waals surface area contributed by atoms with Gasteiger partial charge >= 0.3 is 0 Å². The Balaban J connectivity index is 1.48. The number of anilines is 1. The van der Waals surface area contributed by atoms with Crippen LogP contribution >= 0.6 is 0 Å². The van der Waals surface area contributed by atoms with Crippen molar-refractivity contribution in [3.63, 3.8) is 0 Å². The fourth-order valence-corrected chi connectivity index (χ4v) is 5.69. The van der Waals surface area contributed by atoms with Crippen molar-refractivity contribution in [1.82, 2.24) is 18.8 Å². The molecular weight excluding hydrogens is 470 g/mol. The second-order valence-electron chi connectivity index (χ2n) is 8.30. The average Bonchev–Trinajstić information content (AvgIpc) is 3.26. The van der Waals surface area contributed by atoms with Gasteiger partial charge in [0.1, 0.15) is 5.82 Å². The van der Waals surface area contributed by atoms with Gasteiger partial charge in [0.2, 0.25) is 15.9 Å². The van der Waals surface area contributed by atoms with Crippen LogP contribution in [0.2, 0.25) is 0 Å². The van der Waals surface area contributed by atoms with Gasteiger partial charge in [-0.2, -0.15) is 4.31 Å². The number of carbonyl (C=O) groups is 3. The molecule has 1 N–H and O–H groups in total. The molecule has 3 amide bonds. The van der Waals surface area contributed by atoms with E-state index in [0.717, 1.165) is 10.4 Å². The Morgan fingerprint density at radius 1 is 1.00 bits per heavy atom. The topological polar surface area (TPSA) is 122 Å². The fourth-order valence-electron chi connectivity index (χ4n) is 4.21. The number of fused-ring (bicyclic) bond motifs is 2. The monoisotopic (exact) mass is 497 g/mol. The zero-order valence-electron chi connectivity index (χ0n) is 20.0. The molecule has 1 aliphatic heterocycles. The van der Waals surface area contributed by atoms with Gasteiger partial charge in [-0.15, -0.1) is 0 Å². The number of amides is 3. The molecule has 0 aliphatic carbocycles. The number of benzene rings is 2. The van der Waals surface area contributed by atoms with Crippen LogP contribution in [0.5, 0.6) is 0 Å². The van der Waals surface area contributed by atoms with Crippen molar-refractivity contribution in [2.75, 3.05) is 25.5 Å². The van der Waals surface area contributed by atoms with E-state index in [1.165, 1.54) is 23.5 Å². The summed E-state index contributed by atoms with van der Waals surface area (Å²) in [6.45, 7) is 4.35. The van der Waals surface area contributed by atoms with Crippen molar-refractivity contribution in [1.29, 1.82) is 0 Å². The van der Waals surface area contributed by atoms with Crippen LogP contribution in [0.25, 0.3) is 11.0 Å². The molecule has 11 heteroatoms. The molecule has 0 saturated heterocycles. The summed E-state index contributed by atoms with van der Waals surface area (Å²) in [7, 11) is -0.361. The van der Waals surface area contributed by atoms with E-state index < -0.39 is 15.9 Å². The highest BCUT2D eigenvalue weighted by Gasteiger charge is 2.32. The van der Waals surface area contributed by atoms with Crippen LogP contribution in [0.4, 0.5) is 5.69 Å². The summed E-state index contributed by atoms with van der Waals surface area (Å²) in [4.78, 5) is 42.5. The van der Waals surface area contributed by atoms with E-state index in [1.807, 2.05) is 11.6 Å². The summed E-state index contributed by atoms with van der Waals surface area (Å²) in [6.07, 6.45) is 0.464. The molecule has 10 nitrogen and oxygen atoms in total. The molecule has 2 aromatic carbocycles. The molecule has 2 heterocycles. The van der Waals surface area contributed by atoms with Crippen molar-refractivity contribution < 1.29 is 22.8 Å². The van der Waals surface area contributed by atoms with Crippen LogP contribution in [0.1, 0.15) is 46.8 Å². The molecule has 3 aromatic rings. The van der Waals surface area contributed by atoms with Gasteiger partial charge in [-0.1, -0.05) is 13.8 Å². The summed E-state index contributed by atoms with van der Waals surface area (Å²) in [6, 6.07) is 9.49. The first kappa shape index (κ1) is 24.6. The number of hydrogen-bond donors (Lipinski definition) is 1. The second-order valence-corrected chi connectivity index (χ2v) is 10.2. The smallest absolute Gasteiger partial charge is 0.261 e. The Kier molecular flexibility index (Phi) is 6.48. The van der Waals surface area contributed by atoms with E-state index >= 15 is 0 Å². The minimum absolute atomic E-state index is 0.131. The molecule has 4 rings (SSSR count). The van der Waals surface area contributed by atoms with E-state index in [0.29, 0.717) is 42.1 Å². The van der Waals surface area contributed by atoms with Gasteiger partial charge in [-0.05, 0) is 36.4 Å². The number of carbonyl (C=O) groups excluding carboxylic acids is 3. The zero-order valence-corrected chi connectivity index (χ0v) is 20.8. The van der Waals surface area contributed by atoms with Crippen molar-refractivity contribution in [3.8, 4) is 0 Å². The maximum Gasteiger partial charge on any atom is 0.261 e. The predicted molar refractivity (Wildman–Crippen MR) is 131 cm³/mol. The number of rotatable bonds is 8. The normalized spacial score (nSPS) is 13.7. The lowest BCUT2D eigenvalue weighted by atomic mass is 10.1. The second kappa shape index (κ2) is 9.23. The fraction of sp³-hybridized carbons (Fsp3) is 0.333. The van der Waals surface area contributed by atoms with E-state index in [-0.39, 0.29) is 28.7 Å². The number of sulfonamides is 1. The van der Waals surface area contributed by atoms with Crippen LogP contribution in [0.15, 0.2) is 41.3 Å². The molecule has 1 aromatic heterocycles. The minimum atomic E-state index is -3.60. The maximum atomic E-state index is 12.8. The highest BCUT2D eigenvalue weighted by atomic mass is 32.2. The maximum absolute atomic E-state index is 12.8. The number of hydrogen-bond acceptors (Lipinski definition) is 6. The highest BCUT2D eigenvalue weighted by Crippen LogP contribution is 2.25. The van der Waals surface area contributed by atoms with E-state index in [2.05, 4.69) is 10.3 Å². The number of nitrogens with zero attached hydrogens (tertiary/aromatic N) is 4. The summed E-state index contributed by atoms with van der Waals surface area (Å²) in [5.41, 5.74) is 2.33. The molecule has 1 aliphatic rings. The quantitative estimate of drug-likeness (QED) is 0.477. The van der Waals surface area contributed by atoms with Gasteiger partial charge in [-0.3, -0.25) is 19.3 Å². The SMILES string of the molecule is CCN(CC)S(=O)(=O)c1ccc2c(c1)nc(CCC(=O)Nc1ccc3c(c1)C(=O)N(C)C3=O)n2C. The van der Waals surface area contributed by atoms with E-state index in [4.69, 9.17) is 0 Å². The van der Waals surface area contributed by atoms with Crippen molar-refractivity contribution in [3.05, 3.63) is 53.3 Å². The molecule has 0 atom stereocenters. The Bertz CT molecular complexity index is 1460. The summed E-state index contributed by atoms with van der Waals surface area (Å²) >= 11 is 0.